The zero-order valence-electron chi connectivity index (χ0n) is 16.0. The summed E-state index contributed by atoms with van der Waals surface area (Å²) in [4.78, 5) is 12.7. The number of carbonyl (C=O) groups is 1. The van der Waals surface area contributed by atoms with E-state index in [1.807, 2.05) is 32.0 Å². The molecule has 0 aliphatic carbocycles. The third-order valence-corrected chi connectivity index (χ3v) is 7.63. The third kappa shape index (κ3) is 3.75. The largest absolute Gasteiger partial charge is 0.296 e. The molecule has 0 unspecified atom stereocenters. The fourth-order valence-corrected chi connectivity index (χ4v) is 5.46. The minimum absolute atomic E-state index is 0.0852. The molecule has 0 fully saturated rings. The van der Waals surface area contributed by atoms with Crippen LogP contribution in [0.5, 0.6) is 0 Å². The van der Waals surface area contributed by atoms with Gasteiger partial charge in [0.25, 0.3) is 15.9 Å². The summed E-state index contributed by atoms with van der Waals surface area (Å²) in [7, 11) is -3.76. The van der Waals surface area contributed by atoms with Crippen LogP contribution in [0, 0.1) is 0 Å². The molecule has 0 bridgehead atoms. The first-order valence-electron chi connectivity index (χ1n) is 9.22. The first-order valence-corrected chi connectivity index (χ1v) is 11.5. The number of rotatable bonds is 5. The van der Waals surface area contributed by atoms with Crippen molar-refractivity contribution in [1.29, 1.82) is 0 Å². The van der Waals surface area contributed by atoms with Crippen molar-refractivity contribution in [2.75, 3.05) is 16.2 Å². The second-order valence-corrected chi connectivity index (χ2v) is 9.91. The molecule has 2 heterocycles. The van der Waals surface area contributed by atoms with E-state index >= 15 is 0 Å². The quantitative estimate of drug-likeness (QED) is 0.669. The molecule has 1 aliphatic heterocycles. The highest BCUT2D eigenvalue weighted by Crippen LogP contribution is 2.33. The number of anilines is 2. The first-order chi connectivity index (χ1) is 13.9. The predicted octanol–water partition coefficient (Wildman–Crippen LogP) is 3.67. The number of carbonyl (C=O) groups excluding carboxylic acids is 1. The predicted molar refractivity (Wildman–Crippen MR) is 113 cm³/mol. The van der Waals surface area contributed by atoms with Crippen molar-refractivity contribution in [3.8, 4) is 0 Å². The van der Waals surface area contributed by atoms with Crippen LogP contribution in [0.15, 0.2) is 53.4 Å². The number of para-hydroxylation sites is 1. The van der Waals surface area contributed by atoms with Gasteiger partial charge in [-0.2, -0.15) is 0 Å². The zero-order valence-corrected chi connectivity index (χ0v) is 17.6. The van der Waals surface area contributed by atoms with Crippen LogP contribution in [0.25, 0.3) is 0 Å². The van der Waals surface area contributed by atoms with Gasteiger partial charge in [-0.3, -0.25) is 14.4 Å². The highest BCUT2D eigenvalue weighted by Gasteiger charge is 2.31. The van der Waals surface area contributed by atoms with Gasteiger partial charge in [0.1, 0.15) is 5.01 Å². The summed E-state index contributed by atoms with van der Waals surface area (Å²) in [6, 6.07) is 13.5. The van der Waals surface area contributed by atoms with Crippen molar-refractivity contribution in [2.45, 2.75) is 31.1 Å². The Morgan fingerprint density at radius 2 is 1.93 bits per heavy atom. The molecule has 7 nitrogen and oxygen atoms in total. The lowest BCUT2D eigenvalue weighted by atomic mass is 10.2. The van der Waals surface area contributed by atoms with Gasteiger partial charge in [-0.15, -0.1) is 10.2 Å². The molecule has 0 atom stereocenters. The molecule has 9 heteroatoms. The second kappa shape index (κ2) is 7.57. The molecule has 4 rings (SSSR count). The molecular formula is C20H20N4O3S2. The van der Waals surface area contributed by atoms with Crippen LogP contribution in [0.2, 0.25) is 0 Å². The van der Waals surface area contributed by atoms with Gasteiger partial charge in [-0.1, -0.05) is 49.4 Å². The standard InChI is InChI=1S/C20H20N4O3S2/c1-13(2)19-22-23-20(28-19)21-18(25)15-7-5-8-16(12-15)29(26,27)24-11-10-14-6-3-4-9-17(14)24/h3-9,12-13H,10-11H2,1-2H3,(H,21,23,25). The Morgan fingerprint density at radius 1 is 1.14 bits per heavy atom. The average molecular weight is 429 g/mol. The van der Waals surface area contributed by atoms with E-state index in [0.29, 0.717) is 23.8 Å². The van der Waals surface area contributed by atoms with Crippen LogP contribution >= 0.6 is 11.3 Å². The molecule has 1 N–H and O–H groups in total. The maximum absolute atomic E-state index is 13.2. The van der Waals surface area contributed by atoms with E-state index in [-0.39, 0.29) is 16.4 Å². The third-order valence-electron chi connectivity index (χ3n) is 4.68. The summed E-state index contributed by atoms with van der Waals surface area (Å²) in [6.07, 6.45) is 0.671. The smallest absolute Gasteiger partial charge is 0.264 e. The summed E-state index contributed by atoms with van der Waals surface area (Å²) in [6.45, 7) is 4.38. The van der Waals surface area contributed by atoms with Crippen molar-refractivity contribution in [3.05, 3.63) is 64.7 Å². The Kier molecular flexibility index (Phi) is 5.10. The van der Waals surface area contributed by atoms with Crippen LogP contribution in [0.1, 0.15) is 40.7 Å². The maximum atomic E-state index is 13.2. The van der Waals surface area contributed by atoms with Crippen molar-refractivity contribution in [1.82, 2.24) is 10.2 Å². The van der Waals surface area contributed by atoms with Crippen molar-refractivity contribution in [2.24, 2.45) is 0 Å². The molecule has 1 aromatic heterocycles. The number of sulfonamides is 1. The van der Waals surface area contributed by atoms with Crippen LogP contribution in [0.3, 0.4) is 0 Å². The molecule has 3 aromatic rings. The summed E-state index contributed by atoms with van der Waals surface area (Å²) in [5.74, 6) is -0.203. The molecule has 2 aromatic carbocycles. The van der Waals surface area contributed by atoms with Gasteiger partial charge in [0.05, 0.1) is 10.6 Å². The van der Waals surface area contributed by atoms with E-state index in [0.717, 1.165) is 10.6 Å². The molecule has 0 saturated carbocycles. The van der Waals surface area contributed by atoms with E-state index in [9.17, 15) is 13.2 Å². The van der Waals surface area contributed by atoms with Gasteiger partial charge in [-0.25, -0.2) is 8.42 Å². The Morgan fingerprint density at radius 3 is 2.69 bits per heavy atom. The minimum atomic E-state index is -3.76. The van der Waals surface area contributed by atoms with Gasteiger partial charge >= 0.3 is 0 Å². The van der Waals surface area contributed by atoms with E-state index < -0.39 is 15.9 Å². The summed E-state index contributed by atoms with van der Waals surface area (Å²) in [5, 5.41) is 11.9. The molecule has 1 aliphatic rings. The number of nitrogens with one attached hydrogen (secondary N) is 1. The number of benzene rings is 2. The van der Waals surface area contributed by atoms with E-state index in [1.54, 1.807) is 18.2 Å². The van der Waals surface area contributed by atoms with Gasteiger partial charge in [-0.05, 0) is 36.2 Å². The number of aromatic nitrogens is 2. The van der Waals surface area contributed by atoms with Crippen LogP contribution in [-0.4, -0.2) is 31.1 Å². The Bertz CT molecular complexity index is 1170. The Balaban J connectivity index is 1.59. The SMILES string of the molecule is CC(C)c1nnc(NC(=O)c2cccc(S(=O)(=O)N3CCc4ccccc43)c2)s1. The molecule has 0 saturated heterocycles. The van der Waals surface area contributed by atoms with E-state index in [2.05, 4.69) is 15.5 Å². The van der Waals surface area contributed by atoms with Crippen LogP contribution in [-0.2, 0) is 16.4 Å². The van der Waals surface area contributed by atoms with Crippen molar-refractivity contribution < 1.29 is 13.2 Å². The average Bonchev–Trinajstić information content (AvgIpc) is 3.35. The lowest BCUT2D eigenvalue weighted by molar-refractivity contribution is 0.102. The molecule has 0 radical (unpaired) electrons. The van der Waals surface area contributed by atoms with Gasteiger partial charge in [0.15, 0.2) is 0 Å². The highest BCUT2D eigenvalue weighted by atomic mass is 32.2. The van der Waals surface area contributed by atoms with Gasteiger partial charge in [0, 0.05) is 18.0 Å². The maximum Gasteiger partial charge on any atom is 0.264 e. The molecular weight excluding hydrogens is 408 g/mol. The Hall–Kier alpha value is -2.78. The fourth-order valence-electron chi connectivity index (χ4n) is 3.17. The summed E-state index contributed by atoms with van der Waals surface area (Å²) in [5.41, 5.74) is 1.94. The van der Waals surface area contributed by atoms with Crippen molar-refractivity contribution >= 4 is 38.1 Å². The molecule has 150 valence electrons. The number of hydrogen-bond donors (Lipinski definition) is 1. The number of hydrogen-bond acceptors (Lipinski definition) is 6. The second-order valence-electron chi connectivity index (χ2n) is 7.04. The zero-order chi connectivity index (χ0) is 20.6. The molecule has 1 amide bonds. The summed E-state index contributed by atoms with van der Waals surface area (Å²) >= 11 is 1.31. The Labute approximate surface area is 173 Å². The fraction of sp³-hybridized carbons (Fsp3) is 0.250. The van der Waals surface area contributed by atoms with Crippen molar-refractivity contribution in [3.63, 3.8) is 0 Å². The lowest BCUT2D eigenvalue weighted by Crippen LogP contribution is -2.29. The topological polar surface area (TPSA) is 92.3 Å². The first kappa shape index (κ1) is 19.5. The monoisotopic (exact) mass is 428 g/mol. The van der Waals surface area contributed by atoms with Gasteiger partial charge < -0.3 is 0 Å². The van der Waals surface area contributed by atoms with Crippen LogP contribution < -0.4 is 9.62 Å². The number of fused-ring (bicyclic) bond motifs is 1. The highest BCUT2D eigenvalue weighted by molar-refractivity contribution is 7.92. The molecule has 0 spiro atoms. The molecule has 29 heavy (non-hydrogen) atoms. The number of amides is 1. The number of nitrogens with zero attached hydrogens (tertiary/aromatic N) is 3. The van der Waals surface area contributed by atoms with Crippen LogP contribution in [0.4, 0.5) is 10.8 Å². The normalized spacial score (nSPS) is 13.6. The van der Waals surface area contributed by atoms with Gasteiger partial charge in [0.2, 0.25) is 5.13 Å². The lowest BCUT2D eigenvalue weighted by Gasteiger charge is -2.19. The summed E-state index contributed by atoms with van der Waals surface area (Å²) < 4.78 is 27.8. The minimum Gasteiger partial charge on any atom is -0.296 e. The van der Waals surface area contributed by atoms with E-state index in [4.69, 9.17) is 0 Å². The van der Waals surface area contributed by atoms with E-state index in [1.165, 1.54) is 27.8 Å².